The van der Waals surface area contributed by atoms with E-state index in [-0.39, 0.29) is 41.9 Å². The number of rotatable bonds is 12. The Labute approximate surface area is 276 Å². The molecule has 0 unspecified atom stereocenters. The number of carboxylic acid groups (broad SMARTS) is 1. The van der Waals surface area contributed by atoms with Gasteiger partial charge in [0, 0.05) is 58.1 Å². The number of aromatic carboxylic acids is 1. The lowest BCUT2D eigenvalue weighted by molar-refractivity contribution is -0.0508. The molecule has 0 radical (unpaired) electrons. The van der Waals surface area contributed by atoms with Crippen molar-refractivity contribution in [1.29, 1.82) is 0 Å². The topological polar surface area (TPSA) is 109 Å². The van der Waals surface area contributed by atoms with Crippen LogP contribution in [0.1, 0.15) is 45.8 Å². The van der Waals surface area contributed by atoms with Gasteiger partial charge in [0.1, 0.15) is 35.3 Å². The molecule has 5 aromatic rings. The van der Waals surface area contributed by atoms with Gasteiger partial charge < -0.3 is 23.9 Å². The maximum atomic E-state index is 16.1. The number of carboxylic acids is 1. The summed E-state index contributed by atoms with van der Waals surface area (Å²) in [6.45, 7) is -3.19. The monoisotopic (exact) mass is 682 g/mol. The molecule has 4 heterocycles. The van der Waals surface area contributed by atoms with E-state index in [0.29, 0.717) is 76.6 Å². The summed E-state index contributed by atoms with van der Waals surface area (Å²) in [5.41, 5.74) is 2.07. The molecule has 7 rings (SSSR count). The second-order valence-electron chi connectivity index (χ2n) is 11.8. The summed E-state index contributed by atoms with van der Waals surface area (Å²) >= 11 is 5.94. The predicted octanol–water partition coefficient (Wildman–Crippen LogP) is 7.44. The molecule has 248 valence electrons. The molecule has 9 nitrogen and oxygen atoms in total. The molecule has 1 N–H and O–H groups in total. The SMILES string of the molecule is O=C(O)c1ccc2nc(Cc3c(F)cc(-c4cccc(OCc5ccc(Cl)cc5OC(F)F)n4)c4c3CCO4)n(CC3(CF)CC3)c2n1. The minimum absolute atomic E-state index is 0.0413. The Balaban J connectivity index is 1.20. The predicted molar refractivity (Wildman–Crippen MR) is 166 cm³/mol. The van der Waals surface area contributed by atoms with Crippen molar-refractivity contribution >= 4 is 28.7 Å². The van der Waals surface area contributed by atoms with Crippen LogP contribution in [0.5, 0.6) is 17.4 Å². The Morgan fingerprint density at radius 1 is 1.10 bits per heavy atom. The average Bonchev–Trinajstić information content (AvgIpc) is 3.52. The lowest BCUT2D eigenvalue weighted by Crippen LogP contribution is -2.17. The number of fused-ring (bicyclic) bond motifs is 2. The van der Waals surface area contributed by atoms with Gasteiger partial charge in [0.2, 0.25) is 5.88 Å². The van der Waals surface area contributed by atoms with Crippen LogP contribution in [0.2, 0.25) is 5.02 Å². The summed E-state index contributed by atoms with van der Waals surface area (Å²) in [5, 5.41) is 9.74. The van der Waals surface area contributed by atoms with Crippen LogP contribution in [0.3, 0.4) is 0 Å². The van der Waals surface area contributed by atoms with Crippen molar-refractivity contribution in [1.82, 2.24) is 19.5 Å². The molecule has 2 aliphatic rings. The minimum Gasteiger partial charge on any atom is -0.492 e. The first-order valence-corrected chi connectivity index (χ1v) is 15.5. The van der Waals surface area contributed by atoms with Gasteiger partial charge in [0.25, 0.3) is 0 Å². The summed E-state index contributed by atoms with van der Waals surface area (Å²) in [7, 11) is 0. The first-order valence-electron chi connectivity index (χ1n) is 15.1. The largest absolute Gasteiger partial charge is 0.492 e. The second kappa shape index (κ2) is 12.6. The van der Waals surface area contributed by atoms with Gasteiger partial charge in [0.15, 0.2) is 11.3 Å². The van der Waals surface area contributed by atoms with Crippen LogP contribution in [0.15, 0.2) is 54.6 Å². The van der Waals surface area contributed by atoms with Gasteiger partial charge in [-0.2, -0.15) is 8.78 Å². The second-order valence-corrected chi connectivity index (χ2v) is 12.3. The third-order valence-electron chi connectivity index (χ3n) is 8.62. The smallest absolute Gasteiger partial charge is 0.387 e. The standard InChI is InChI=1S/C34H27ClF4N4O5/c35-19-5-4-18(27(12-19)48-33(38)39)15-47-29-3-1-2-24(41-29)22-13-23(37)21(20-8-11-46-30(20)22)14-28-40-25-6-7-26(32(44)45)42-31(25)43(28)17-34(16-36)9-10-34/h1-7,12-13,33H,8-11,14-17H2,(H,44,45). The zero-order valence-corrected chi connectivity index (χ0v) is 25.9. The highest BCUT2D eigenvalue weighted by molar-refractivity contribution is 6.30. The molecule has 1 saturated carbocycles. The number of pyridine rings is 2. The number of aromatic nitrogens is 4. The molecule has 2 aromatic carbocycles. The Morgan fingerprint density at radius 2 is 1.94 bits per heavy atom. The highest BCUT2D eigenvalue weighted by Gasteiger charge is 2.44. The fourth-order valence-corrected chi connectivity index (χ4v) is 6.07. The van der Waals surface area contributed by atoms with Crippen molar-refractivity contribution in [2.75, 3.05) is 13.3 Å². The van der Waals surface area contributed by atoms with Crippen LogP contribution < -0.4 is 14.2 Å². The fourth-order valence-electron chi connectivity index (χ4n) is 5.91. The third kappa shape index (κ3) is 6.21. The zero-order valence-electron chi connectivity index (χ0n) is 25.2. The first kappa shape index (κ1) is 31.7. The Bertz CT molecular complexity index is 2050. The summed E-state index contributed by atoms with van der Waals surface area (Å²) < 4.78 is 74.0. The van der Waals surface area contributed by atoms with Crippen molar-refractivity contribution in [2.45, 2.75) is 45.4 Å². The molecule has 0 amide bonds. The lowest BCUT2D eigenvalue weighted by atomic mass is 9.96. The van der Waals surface area contributed by atoms with Crippen molar-refractivity contribution in [3.05, 3.63) is 93.6 Å². The van der Waals surface area contributed by atoms with E-state index in [4.69, 9.17) is 21.1 Å². The van der Waals surface area contributed by atoms with E-state index >= 15 is 4.39 Å². The Hall–Kier alpha value is -4.91. The van der Waals surface area contributed by atoms with E-state index in [2.05, 4.69) is 19.7 Å². The Morgan fingerprint density at radius 3 is 2.69 bits per heavy atom. The third-order valence-corrected chi connectivity index (χ3v) is 8.86. The number of carbonyl (C=O) groups is 1. The van der Waals surface area contributed by atoms with Crippen molar-refractivity contribution < 1.29 is 41.7 Å². The number of nitrogens with zero attached hydrogens (tertiary/aromatic N) is 4. The Kier molecular flexibility index (Phi) is 8.32. The first-order chi connectivity index (χ1) is 23.1. The van der Waals surface area contributed by atoms with Gasteiger partial charge in [-0.15, -0.1) is 0 Å². The van der Waals surface area contributed by atoms with Crippen LogP contribution >= 0.6 is 11.6 Å². The van der Waals surface area contributed by atoms with Crippen LogP contribution in [0, 0.1) is 11.2 Å². The van der Waals surface area contributed by atoms with Gasteiger partial charge in [-0.3, -0.25) is 4.39 Å². The van der Waals surface area contributed by atoms with Crippen LogP contribution in [0.4, 0.5) is 17.6 Å². The van der Waals surface area contributed by atoms with Crippen molar-refractivity contribution in [3.63, 3.8) is 0 Å². The molecule has 0 bridgehead atoms. The number of imidazole rings is 1. The van der Waals surface area contributed by atoms with E-state index < -0.39 is 30.5 Å². The summed E-state index contributed by atoms with van der Waals surface area (Å²) in [5.74, 6) is -0.800. The summed E-state index contributed by atoms with van der Waals surface area (Å²) in [4.78, 5) is 25.1. The van der Waals surface area contributed by atoms with Crippen LogP contribution in [-0.4, -0.2) is 50.5 Å². The fraction of sp³-hybridized carbons (Fsp3) is 0.294. The highest BCUT2D eigenvalue weighted by atomic mass is 35.5. The van der Waals surface area contributed by atoms with Gasteiger partial charge in [-0.25, -0.2) is 24.1 Å². The molecular weight excluding hydrogens is 656 g/mol. The number of benzene rings is 2. The van der Waals surface area contributed by atoms with Gasteiger partial charge in [0.05, 0.1) is 19.0 Å². The molecule has 0 atom stereocenters. The molecule has 48 heavy (non-hydrogen) atoms. The van der Waals surface area contributed by atoms with E-state index in [1.807, 2.05) is 0 Å². The number of hydrogen-bond donors (Lipinski definition) is 1. The quantitative estimate of drug-likeness (QED) is 0.135. The molecular formula is C34H27ClF4N4O5. The van der Waals surface area contributed by atoms with Gasteiger partial charge in [-0.1, -0.05) is 23.7 Å². The molecule has 1 aliphatic heterocycles. The lowest BCUT2D eigenvalue weighted by Gasteiger charge is -2.17. The molecule has 1 fully saturated rings. The van der Waals surface area contributed by atoms with Crippen LogP contribution in [0.25, 0.3) is 22.4 Å². The van der Waals surface area contributed by atoms with E-state index in [9.17, 15) is 23.1 Å². The maximum absolute atomic E-state index is 16.1. The summed E-state index contributed by atoms with van der Waals surface area (Å²) in [6, 6.07) is 13.5. The highest BCUT2D eigenvalue weighted by Crippen LogP contribution is 2.48. The van der Waals surface area contributed by atoms with Gasteiger partial charge in [-0.05, 0) is 49.2 Å². The number of hydrogen-bond acceptors (Lipinski definition) is 7. The van der Waals surface area contributed by atoms with Crippen LogP contribution in [-0.2, 0) is 26.0 Å². The van der Waals surface area contributed by atoms with E-state index in [0.717, 1.165) is 0 Å². The van der Waals surface area contributed by atoms with E-state index in [1.165, 1.54) is 30.3 Å². The summed E-state index contributed by atoms with van der Waals surface area (Å²) in [6.07, 6.45) is 1.81. The molecule has 14 heteroatoms. The molecule has 0 spiro atoms. The van der Waals surface area contributed by atoms with E-state index in [1.54, 1.807) is 28.8 Å². The molecule has 3 aromatic heterocycles. The normalized spacial score (nSPS) is 14.6. The van der Waals surface area contributed by atoms with Gasteiger partial charge >= 0.3 is 12.6 Å². The maximum Gasteiger partial charge on any atom is 0.387 e. The zero-order chi connectivity index (χ0) is 33.6. The number of ether oxygens (including phenoxy) is 3. The number of halogens is 5. The molecule has 1 aliphatic carbocycles. The number of alkyl halides is 3. The minimum atomic E-state index is -3.05. The van der Waals surface area contributed by atoms with Crippen molar-refractivity contribution in [2.24, 2.45) is 5.41 Å². The molecule has 0 saturated heterocycles. The van der Waals surface area contributed by atoms with Crippen molar-refractivity contribution in [3.8, 4) is 28.6 Å². The average molecular weight is 683 g/mol.